The molecule has 0 aliphatic heterocycles. The number of carbonyl (C=O) groups is 1. The molecule has 0 bridgehead atoms. The minimum absolute atomic E-state index is 0.117. The van der Waals surface area contributed by atoms with Crippen LogP contribution in [0.1, 0.15) is 10.5 Å². The Hall–Kier alpha value is -1.25. The van der Waals surface area contributed by atoms with Crippen LogP contribution in [-0.4, -0.2) is 43.9 Å². The number of sulfonamides is 1. The third-order valence-electron chi connectivity index (χ3n) is 1.64. The SMILES string of the molecule is CS(=O)(=O)NCCNC(=O)c1ccc(Cl)nn1. The highest BCUT2D eigenvalue weighted by molar-refractivity contribution is 7.88. The summed E-state index contributed by atoms with van der Waals surface area (Å²) in [6.07, 6.45) is 1.04. The van der Waals surface area contributed by atoms with Crippen molar-refractivity contribution in [3.8, 4) is 0 Å². The Kier molecular flexibility index (Phi) is 4.79. The van der Waals surface area contributed by atoms with Crippen molar-refractivity contribution in [2.45, 2.75) is 0 Å². The number of nitrogens with zero attached hydrogens (tertiary/aromatic N) is 2. The predicted molar refractivity (Wildman–Crippen MR) is 62.2 cm³/mol. The molecule has 1 aromatic heterocycles. The van der Waals surface area contributed by atoms with E-state index in [1.807, 2.05) is 0 Å². The van der Waals surface area contributed by atoms with Gasteiger partial charge >= 0.3 is 0 Å². The molecule has 1 heterocycles. The van der Waals surface area contributed by atoms with Crippen molar-refractivity contribution < 1.29 is 13.2 Å². The van der Waals surface area contributed by atoms with Crippen LogP contribution < -0.4 is 10.0 Å². The maximum Gasteiger partial charge on any atom is 0.271 e. The lowest BCUT2D eigenvalue weighted by Gasteiger charge is -2.04. The average Bonchev–Trinajstić information content (AvgIpc) is 2.24. The van der Waals surface area contributed by atoms with Gasteiger partial charge in [-0.05, 0) is 12.1 Å². The van der Waals surface area contributed by atoms with Crippen molar-refractivity contribution >= 4 is 27.5 Å². The quantitative estimate of drug-likeness (QED) is 0.701. The standard InChI is InChI=1S/C8H11ClN4O3S/c1-17(15,16)11-5-4-10-8(14)6-2-3-7(9)13-12-6/h2-3,11H,4-5H2,1H3,(H,10,14). The molecule has 0 saturated carbocycles. The smallest absolute Gasteiger partial charge is 0.271 e. The van der Waals surface area contributed by atoms with Crippen LogP contribution in [0, 0.1) is 0 Å². The van der Waals surface area contributed by atoms with Crippen molar-refractivity contribution in [2.75, 3.05) is 19.3 Å². The Labute approximate surface area is 104 Å². The zero-order valence-corrected chi connectivity index (χ0v) is 10.5. The van der Waals surface area contributed by atoms with Crippen molar-refractivity contribution in [3.63, 3.8) is 0 Å². The summed E-state index contributed by atoms with van der Waals surface area (Å²) in [5.74, 6) is -0.440. The lowest BCUT2D eigenvalue weighted by Crippen LogP contribution is -2.34. The van der Waals surface area contributed by atoms with Crippen molar-refractivity contribution in [3.05, 3.63) is 23.0 Å². The summed E-state index contributed by atoms with van der Waals surface area (Å²) in [6.45, 7) is 0.280. The minimum atomic E-state index is -3.24. The van der Waals surface area contributed by atoms with E-state index in [9.17, 15) is 13.2 Å². The van der Waals surface area contributed by atoms with E-state index >= 15 is 0 Å². The summed E-state index contributed by atoms with van der Waals surface area (Å²) in [5.41, 5.74) is 0.119. The monoisotopic (exact) mass is 278 g/mol. The lowest BCUT2D eigenvalue weighted by molar-refractivity contribution is 0.0948. The third kappa shape index (κ3) is 5.57. The summed E-state index contributed by atoms with van der Waals surface area (Å²) in [7, 11) is -3.24. The van der Waals surface area contributed by atoms with E-state index in [-0.39, 0.29) is 23.9 Å². The van der Waals surface area contributed by atoms with Crippen molar-refractivity contribution in [1.29, 1.82) is 0 Å². The predicted octanol–water partition coefficient (Wildman–Crippen LogP) is -0.591. The van der Waals surface area contributed by atoms with Gasteiger partial charge in [-0.15, -0.1) is 10.2 Å². The second kappa shape index (κ2) is 5.89. The number of aromatic nitrogens is 2. The van der Waals surface area contributed by atoms with Gasteiger partial charge in [-0.3, -0.25) is 4.79 Å². The first-order valence-electron chi connectivity index (χ1n) is 4.60. The van der Waals surface area contributed by atoms with Gasteiger partial charge in [0.15, 0.2) is 10.8 Å². The molecule has 0 saturated heterocycles. The molecule has 9 heteroatoms. The van der Waals surface area contributed by atoms with Gasteiger partial charge < -0.3 is 5.32 Å². The van der Waals surface area contributed by atoms with Crippen LogP contribution in [0.4, 0.5) is 0 Å². The van der Waals surface area contributed by atoms with Gasteiger partial charge in [-0.1, -0.05) is 11.6 Å². The second-order valence-electron chi connectivity index (χ2n) is 3.16. The van der Waals surface area contributed by atoms with Crippen molar-refractivity contribution in [2.24, 2.45) is 0 Å². The van der Waals surface area contributed by atoms with Gasteiger partial charge in [-0.25, -0.2) is 13.1 Å². The van der Waals surface area contributed by atoms with E-state index in [1.165, 1.54) is 12.1 Å². The number of rotatable bonds is 5. The molecule has 1 amide bonds. The largest absolute Gasteiger partial charge is 0.349 e. The van der Waals surface area contributed by atoms with Crippen LogP contribution in [-0.2, 0) is 10.0 Å². The number of nitrogens with one attached hydrogen (secondary N) is 2. The molecule has 0 aromatic carbocycles. The second-order valence-corrected chi connectivity index (χ2v) is 5.38. The number of hydrogen-bond donors (Lipinski definition) is 2. The van der Waals surface area contributed by atoms with E-state index < -0.39 is 15.9 Å². The Morgan fingerprint density at radius 1 is 1.35 bits per heavy atom. The molecule has 7 nitrogen and oxygen atoms in total. The lowest BCUT2D eigenvalue weighted by atomic mass is 10.3. The topological polar surface area (TPSA) is 101 Å². The van der Waals surface area contributed by atoms with Gasteiger partial charge in [0.05, 0.1) is 6.26 Å². The summed E-state index contributed by atoms with van der Waals surface area (Å²) >= 11 is 5.51. The highest BCUT2D eigenvalue weighted by atomic mass is 35.5. The molecule has 94 valence electrons. The first kappa shape index (κ1) is 13.8. The Balaban J connectivity index is 2.38. The number of carbonyl (C=O) groups excluding carboxylic acids is 1. The first-order chi connectivity index (χ1) is 7.88. The fraction of sp³-hybridized carbons (Fsp3) is 0.375. The zero-order chi connectivity index (χ0) is 12.9. The summed E-state index contributed by atoms with van der Waals surface area (Å²) in [5, 5.41) is 9.76. The zero-order valence-electron chi connectivity index (χ0n) is 8.97. The molecule has 1 aromatic rings. The van der Waals surface area contributed by atoms with Crippen LogP contribution >= 0.6 is 11.6 Å². The van der Waals surface area contributed by atoms with E-state index in [2.05, 4.69) is 20.2 Å². The van der Waals surface area contributed by atoms with Crippen LogP contribution in [0.15, 0.2) is 12.1 Å². The molecule has 0 unspecified atom stereocenters. The van der Waals surface area contributed by atoms with Gasteiger partial charge in [-0.2, -0.15) is 0 Å². The number of hydrogen-bond acceptors (Lipinski definition) is 5. The summed E-state index contributed by atoms with van der Waals surface area (Å²) < 4.78 is 23.7. The average molecular weight is 279 g/mol. The fourth-order valence-electron chi connectivity index (χ4n) is 0.940. The molecule has 0 aliphatic carbocycles. The molecule has 1 rings (SSSR count). The molecule has 17 heavy (non-hydrogen) atoms. The number of amides is 1. The van der Waals surface area contributed by atoms with Crippen LogP contribution in [0.25, 0.3) is 0 Å². The maximum absolute atomic E-state index is 11.4. The van der Waals surface area contributed by atoms with Gasteiger partial charge in [0.1, 0.15) is 0 Å². The Morgan fingerprint density at radius 3 is 2.59 bits per heavy atom. The van der Waals surface area contributed by atoms with E-state index in [4.69, 9.17) is 11.6 Å². The molecule has 0 atom stereocenters. The third-order valence-corrected chi connectivity index (χ3v) is 2.57. The molecule has 0 fully saturated rings. The summed E-state index contributed by atoms with van der Waals surface area (Å²) in [6, 6.07) is 2.87. The molecule has 0 spiro atoms. The van der Waals surface area contributed by atoms with E-state index in [0.717, 1.165) is 6.26 Å². The fourth-order valence-corrected chi connectivity index (χ4v) is 1.51. The Bertz CT molecular complexity index is 488. The van der Waals surface area contributed by atoms with E-state index in [0.29, 0.717) is 0 Å². The van der Waals surface area contributed by atoms with Gasteiger partial charge in [0.2, 0.25) is 10.0 Å². The number of halogens is 1. The minimum Gasteiger partial charge on any atom is -0.349 e. The van der Waals surface area contributed by atoms with Crippen LogP contribution in [0.3, 0.4) is 0 Å². The molecule has 0 radical (unpaired) electrons. The van der Waals surface area contributed by atoms with Gasteiger partial charge in [0, 0.05) is 13.1 Å². The first-order valence-corrected chi connectivity index (χ1v) is 6.87. The maximum atomic E-state index is 11.4. The highest BCUT2D eigenvalue weighted by Crippen LogP contribution is 2.01. The molecular weight excluding hydrogens is 268 g/mol. The highest BCUT2D eigenvalue weighted by Gasteiger charge is 2.07. The molecule has 2 N–H and O–H groups in total. The molecule has 0 aliphatic rings. The van der Waals surface area contributed by atoms with Crippen LogP contribution in [0.5, 0.6) is 0 Å². The van der Waals surface area contributed by atoms with Crippen LogP contribution in [0.2, 0.25) is 5.15 Å². The van der Waals surface area contributed by atoms with E-state index in [1.54, 1.807) is 0 Å². The summed E-state index contributed by atoms with van der Waals surface area (Å²) in [4.78, 5) is 11.4. The van der Waals surface area contributed by atoms with Crippen molar-refractivity contribution in [1.82, 2.24) is 20.2 Å². The molecular formula is C8H11ClN4O3S. The Morgan fingerprint density at radius 2 is 2.06 bits per heavy atom. The van der Waals surface area contributed by atoms with Gasteiger partial charge in [0.25, 0.3) is 5.91 Å². The normalized spacial score (nSPS) is 11.2.